The largest absolute Gasteiger partial charge is 0.260 e. The number of aryl methyl sites for hydroxylation is 2. The number of nitrogens with zero attached hydrogens (tertiary/aromatic N) is 6. The molecule has 0 radical (unpaired) electrons. The Morgan fingerprint density at radius 2 is 2.17 bits per heavy atom. The Bertz CT molecular complexity index is 1070. The van der Waals surface area contributed by atoms with Crippen molar-refractivity contribution in [3.63, 3.8) is 0 Å². The van der Waals surface area contributed by atoms with E-state index in [0.29, 0.717) is 5.92 Å². The van der Waals surface area contributed by atoms with Crippen LogP contribution >= 0.6 is 23.1 Å². The number of hydrogen-bond acceptors (Lipinski definition) is 6. The summed E-state index contributed by atoms with van der Waals surface area (Å²) >= 11 is 3.50. The van der Waals surface area contributed by atoms with Gasteiger partial charge in [0.05, 0.1) is 5.39 Å². The van der Waals surface area contributed by atoms with Gasteiger partial charge in [0.2, 0.25) is 0 Å². The van der Waals surface area contributed by atoms with Crippen LogP contribution in [0.3, 0.4) is 0 Å². The second kappa shape index (κ2) is 4.67. The molecular formula is C15H16N6S2. The molecule has 0 N–H and O–H groups in total. The predicted octanol–water partition coefficient (Wildman–Crippen LogP) is 3.46. The first-order valence-corrected chi connectivity index (χ1v) is 9.83. The molecule has 0 fully saturated rings. The first kappa shape index (κ1) is 13.7. The van der Waals surface area contributed by atoms with Crippen LogP contribution in [0.5, 0.6) is 0 Å². The zero-order chi connectivity index (χ0) is 15.7. The molecule has 0 saturated heterocycles. The van der Waals surface area contributed by atoms with Crippen LogP contribution in [0.15, 0.2) is 5.16 Å². The lowest BCUT2D eigenvalue weighted by Gasteiger charge is -2.18. The average Bonchev–Trinajstić information content (AvgIpc) is 3.19. The van der Waals surface area contributed by atoms with Gasteiger partial charge in [0.25, 0.3) is 5.78 Å². The SMILES string of the molecule is CSc1nnc2n3nc(C)nc3c3c4c(sc3n12)CCCC4C. The average molecular weight is 344 g/mol. The molecule has 118 valence electrons. The maximum Gasteiger partial charge on any atom is 0.260 e. The van der Waals surface area contributed by atoms with Crippen molar-refractivity contribution >= 4 is 44.7 Å². The Labute approximate surface area is 140 Å². The van der Waals surface area contributed by atoms with Crippen LogP contribution in [-0.4, -0.2) is 35.5 Å². The molecule has 0 aliphatic heterocycles. The van der Waals surface area contributed by atoms with Crippen LogP contribution in [0.1, 0.15) is 41.9 Å². The van der Waals surface area contributed by atoms with E-state index in [2.05, 4.69) is 26.6 Å². The predicted molar refractivity (Wildman–Crippen MR) is 92.8 cm³/mol. The number of fused-ring (bicyclic) bond motifs is 8. The van der Waals surface area contributed by atoms with Crippen molar-refractivity contribution in [3.8, 4) is 0 Å². The van der Waals surface area contributed by atoms with Crippen molar-refractivity contribution in [1.29, 1.82) is 0 Å². The topological polar surface area (TPSA) is 60.4 Å². The summed E-state index contributed by atoms with van der Waals surface area (Å²) in [5, 5.41) is 15.4. The van der Waals surface area contributed by atoms with Gasteiger partial charge in [0, 0.05) is 4.88 Å². The maximum atomic E-state index is 4.71. The van der Waals surface area contributed by atoms with Crippen molar-refractivity contribution in [2.24, 2.45) is 0 Å². The van der Waals surface area contributed by atoms with Gasteiger partial charge in [-0.15, -0.1) is 26.6 Å². The van der Waals surface area contributed by atoms with Crippen molar-refractivity contribution in [3.05, 3.63) is 16.3 Å². The fourth-order valence-corrected chi connectivity index (χ4v) is 5.69. The molecule has 1 aliphatic rings. The summed E-state index contributed by atoms with van der Waals surface area (Å²) in [5.74, 6) is 2.10. The molecule has 1 unspecified atom stereocenters. The lowest BCUT2D eigenvalue weighted by molar-refractivity contribution is 0.602. The zero-order valence-corrected chi connectivity index (χ0v) is 14.8. The number of thioether (sulfide) groups is 1. The molecule has 8 heteroatoms. The molecule has 4 aromatic rings. The normalized spacial score (nSPS) is 18.3. The minimum atomic E-state index is 0.569. The van der Waals surface area contributed by atoms with E-state index in [0.717, 1.165) is 28.8 Å². The van der Waals surface area contributed by atoms with Crippen LogP contribution in [-0.2, 0) is 6.42 Å². The quantitative estimate of drug-likeness (QED) is 0.495. The van der Waals surface area contributed by atoms with Gasteiger partial charge in [-0.05, 0) is 43.9 Å². The lowest BCUT2D eigenvalue weighted by Crippen LogP contribution is -2.05. The molecular weight excluding hydrogens is 328 g/mol. The summed E-state index contributed by atoms with van der Waals surface area (Å²) in [6.07, 6.45) is 5.71. The maximum absolute atomic E-state index is 4.71. The number of rotatable bonds is 1. The number of thiophene rings is 1. The van der Waals surface area contributed by atoms with Gasteiger partial charge in [0.1, 0.15) is 10.7 Å². The Morgan fingerprint density at radius 3 is 3.00 bits per heavy atom. The highest BCUT2D eigenvalue weighted by Gasteiger charge is 2.27. The second-order valence-corrected chi connectivity index (χ2v) is 7.99. The summed E-state index contributed by atoms with van der Waals surface area (Å²) in [6.45, 7) is 4.26. The molecule has 6 nitrogen and oxygen atoms in total. The van der Waals surface area contributed by atoms with E-state index >= 15 is 0 Å². The van der Waals surface area contributed by atoms with Gasteiger partial charge in [-0.1, -0.05) is 18.7 Å². The fraction of sp³-hybridized carbons (Fsp3) is 0.467. The van der Waals surface area contributed by atoms with E-state index in [-0.39, 0.29) is 0 Å². The second-order valence-electron chi connectivity index (χ2n) is 6.13. The first-order chi connectivity index (χ1) is 11.2. The zero-order valence-electron chi connectivity index (χ0n) is 13.2. The lowest BCUT2D eigenvalue weighted by atomic mass is 9.87. The fourth-order valence-electron chi connectivity index (χ4n) is 3.70. The van der Waals surface area contributed by atoms with E-state index in [1.165, 1.54) is 33.5 Å². The molecule has 0 aromatic carbocycles. The molecule has 23 heavy (non-hydrogen) atoms. The van der Waals surface area contributed by atoms with Crippen LogP contribution in [0.25, 0.3) is 21.6 Å². The molecule has 1 atom stereocenters. The third kappa shape index (κ3) is 1.70. The Hall–Kier alpha value is -1.67. The summed E-state index contributed by atoms with van der Waals surface area (Å²) < 4.78 is 4.01. The van der Waals surface area contributed by atoms with Crippen molar-refractivity contribution in [2.75, 3.05) is 6.26 Å². The smallest absolute Gasteiger partial charge is 0.244 e. The van der Waals surface area contributed by atoms with Crippen LogP contribution in [0.2, 0.25) is 0 Å². The van der Waals surface area contributed by atoms with E-state index in [4.69, 9.17) is 4.98 Å². The van der Waals surface area contributed by atoms with E-state index in [9.17, 15) is 0 Å². The summed E-state index contributed by atoms with van der Waals surface area (Å²) in [5.41, 5.74) is 2.40. The van der Waals surface area contributed by atoms with E-state index in [1.54, 1.807) is 11.8 Å². The Kier molecular flexibility index (Phi) is 2.79. The van der Waals surface area contributed by atoms with Gasteiger partial charge in [-0.3, -0.25) is 0 Å². The monoisotopic (exact) mass is 344 g/mol. The highest BCUT2D eigenvalue weighted by molar-refractivity contribution is 7.98. The van der Waals surface area contributed by atoms with E-state index in [1.807, 2.05) is 29.0 Å². The van der Waals surface area contributed by atoms with Gasteiger partial charge in [0.15, 0.2) is 10.8 Å². The molecule has 4 aromatic heterocycles. The van der Waals surface area contributed by atoms with Crippen LogP contribution in [0.4, 0.5) is 0 Å². The van der Waals surface area contributed by atoms with Crippen molar-refractivity contribution < 1.29 is 0 Å². The van der Waals surface area contributed by atoms with E-state index < -0.39 is 0 Å². The van der Waals surface area contributed by atoms with Crippen molar-refractivity contribution in [1.82, 2.24) is 29.2 Å². The van der Waals surface area contributed by atoms with Gasteiger partial charge in [-0.25, -0.2) is 9.38 Å². The molecule has 0 saturated carbocycles. The third-order valence-corrected chi connectivity index (χ3v) is 6.55. The summed E-state index contributed by atoms with van der Waals surface area (Å²) in [4.78, 5) is 7.42. The number of aromatic nitrogens is 6. The Morgan fingerprint density at radius 1 is 1.30 bits per heavy atom. The first-order valence-electron chi connectivity index (χ1n) is 7.78. The highest BCUT2D eigenvalue weighted by Crippen LogP contribution is 2.44. The molecule has 4 heterocycles. The minimum absolute atomic E-state index is 0.569. The summed E-state index contributed by atoms with van der Waals surface area (Å²) in [7, 11) is 0. The standard InChI is InChI=1S/C15H16N6S2/c1-7-5-4-6-9-10(7)11-12-16-8(2)19-21(12)14-17-18-15(22-3)20(14)13(11)23-9/h7H,4-6H2,1-3H3. The molecule has 0 spiro atoms. The van der Waals surface area contributed by atoms with Gasteiger partial charge in [-0.2, -0.15) is 4.52 Å². The molecule has 1 aliphatic carbocycles. The van der Waals surface area contributed by atoms with Crippen LogP contribution in [0, 0.1) is 6.92 Å². The third-order valence-electron chi connectivity index (χ3n) is 4.67. The number of hydrogen-bond donors (Lipinski definition) is 0. The molecule has 0 amide bonds. The molecule has 0 bridgehead atoms. The van der Waals surface area contributed by atoms with Crippen molar-refractivity contribution in [2.45, 2.75) is 44.2 Å². The Balaban J connectivity index is 2.09. The van der Waals surface area contributed by atoms with Gasteiger partial charge >= 0.3 is 0 Å². The minimum Gasteiger partial charge on any atom is -0.244 e. The highest BCUT2D eigenvalue weighted by atomic mass is 32.2. The summed E-state index contributed by atoms with van der Waals surface area (Å²) in [6, 6.07) is 0. The van der Waals surface area contributed by atoms with Crippen LogP contribution < -0.4 is 0 Å². The van der Waals surface area contributed by atoms with Gasteiger partial charge < -0.3 is 0 Å². The molecule has 5 rings (SSSR count).